The van der Waals surface area contributed by atoms with Gasteiger partial charge in [0.25, 0.3) is 0 Å². The van der Waals surface area contributed by atoms with Crippen molar-refractivity contribution in [2.24, 2.45) is 5.73 Å². The lowest BCUT2D eigenvalue weighted by Crippen LogP contribution is -2.45. The topological polar surface area (TPSA) is 79.5 Å². The van der Waals surface area contributed by atoms with Gasteiger partial charge in [-0.05, 0) is 43.9 Å². The molecule has 2 amide bonds. The molecule has 0 aliphatic carbocycles. The first-order valence-corrected chi connectivity index (χ1v) is 9.41. The van der Waals surface area contributed by atoms with Crippen molar-refractivity contribution in [3.63, 3.8) is 0 Å². The Morgan fingerprint density at radius 2 is 1.78 bits per heavy atom. The number of nitrogens with zero attached hydrogens (tertiary/aromatic N) is 3. The Morgan fingerprint density at radius 3 is 2.41 bits per heavy atom. The average Bonchev–Trinajstić information content (AvgIpc) is 2.72. The van der Waals surface area contributed by atoms with Crippen LogP contribution in [0.5, 0.6) is 0 Å². The molecule has 1 saturated heterocycles. The fourth-order valence-corrected chi connectivity index (χ4v) is 3.28. The molecule has 2 aromatic rings. The summed E-state index contributed by atoms with van der Waals surface area (Å²) in [6.07, 6.45) is 3.25. The van der Waals surface area contributed by atoms with E-state index in [1.54, 1.807) is 17.0 Å². The number of hydrogen-bond acceptors (Lipinski definition) is 4. The number of anilines is 1. The highest BCUT2D eigenvalue weighted by atomic mass is 16.2. The van der Waals surface area contributed by atoms with Crippen LogP contribution in [0.25, 0.3) is 0 Å². The highest BCUT2D eigenvalue weighted by Crippen LogP contribution is 2.20. The number of benzene rings is 1. The second-order valence-electron chi connectivity index (χ2n) is 6.88. The fraction of sp³-hybridized carbons (Fsp3) is 0.381. The van der Waals surface area contributed by atoms with Gasteiger partial charge in [-0.2, -0.15) is 0 Å². The van der Waals surface area contributed by atoms with Gasteiger partial charge >= 0.3 is 6.03 Å². The van der Waals surface area contributed by atoms with Crippen molar-refractivity contribution < 1.29 is 9.59 Å². The highest BCUT2D eigenvalue weighted by Gasteiger charge is 2.25. The molecule has 6 nitrogen and oxygen atoms in total. The number of nitrogens with two attached hydrogens (primary N) is 1. The first kappa shape index (κ1) is 19.0. The molecule has 0 atom stereocenters. The van der Waals surface area contributed by atoms with E-state index in [2.05, 4.69) is 4.98 Å². The predicted octanol–water partition coefficient (Wildman–Crippen LogP) is 3.14. The number of hydrogen-bond donors (Lipinski definition) is 1. The van der Waals surface area contributed by atoms with Crippen LogP contribution >= 0.6 is 0 Å². The van der Waals surface area contributed by atoms with Crippen LogP contribution in [0.3, 0.4) is 0 Å². The molecule has 27 heavy (non-hydrogen) atoms. The van der Waals surface area contributed by atoms with Gasteiger partial charge in [0.2, 0.25) is 0 Å². The Balaban J connectivity index is 1.85. The highest BCUT2D eigenvalue weighted by molar-refractivity contribution is 5.97. The van der Waals surface area contributed by atoms with E-state index in [4.69, 9.17) is 5.73 Å². The van der Waals surface area contributed by atoms with Gasteiger partial charge in [-0.15, -0.1) is 0 Å². The molecule has 1 aliphatic rings. The average molecular weight is 366 g/mol. The number of rotatable bonds is 5. The summed E-state index contributed by atoms with van der Waals surface area (Å²) in [6.45, 7) is 3.88. The molecule has 0 unspecified atom stereocenters. The number of pyridine rings is 1. The van der Waals surface area contributed by atoms with E-state index < -0.39 is 0 Å². The number of carbonyl (C=O) groups excluding carboxylic acids is 2. The number of aryl methyl sites for hydroxylation is 1. The van der Waals surface area contributed by atoms with Crippen LogP contribution in [0.15, 0.2) is 42.5 Å². The van der Waals surface area contributed by atoms with Crippen LogP contribution < -0.4 is 10.6 Å². The van der Waals surface area contributed by atoms with E-state index in [-0.39, 0.29) is 18.4 Å². The lowest BCUT2D eigenvalue weighted by atomic mass is 10.1. The Kier molecular flexibility index (Phi) is 6.19. The van der Waals surface area contributed by atoms with E-state index in [1.807, 2.05) is 42.2 Å². The summed E-state index contributed by atoms with van der Waals surface area (Å²) < 4.78 is 0. The summed E-state index contributed by atoms with van der Waals surface area (Å²) in [4.78, 5) is 33.1. The summed E-state index contributed by atoms with van der Waals surface area (Å²) in [6, 6.07) is 12.9. The van der Waals surface area contributed by atoms with Gasteiger partial charge in [0.05, 0.1) is 13.1 Å². The van der Waals surface area contributed by atoms with Crippen molar-refractivity contribution in [2.45, 2.75) is 32.7 Å². The largest absolute Gasteiger partial charge is 0.325 e. The third-order valence-electron chi connectivity index (χ3n) is 4.81. The number of amides is 2. The van der Waals surface area contributed by atoms with Crippen molar-refractivity contribution >= 4 is 17.6 Å². The number of piperidine rings is 1. The third-order valence-corrected chi connectivity index (χ3v) is 4.81. The van der Waals surface area contributed by atoms with Crippen molar-refractivity contribution in [1.82, 2.24) is 9.88 Å². The van der Waals surface area contributed by atoms with E-state index in [0.717, 1.165) is 37.2 Å². The summed E-state index contributed by atoms with van der Waals surface area (Å²) in [7, 11) is 0. The third kappa shape index (κ3) is 4.71. The van der Waals surface area contributed by atoms with Gasteiger partial charge in [0.1, 0.15) is 5.82 Å². The van der Waals surface area contributed by atoms with Crippen molar-refractivity contribution in [3.8, 4) is 0 Å². The minimum Gasteiger partial charge on any atom is -0.324 e. The molecule has 3 rings (SSSR count). The number of urea groups is 1. The molecule has 1 aliphatic heterocycles. The number of aromatic nitrogens is 1. The lowest BCUT2D eigenvalue weighted by molar-refractivity contribution is 0.100. The van der Waals surface area contributed by atoms with E-state index in [0.29, 0.717) is 17.9 Å². The van der Waals surface area contributed by atoms with E-state index in [9.17, 15) is 9.59 Å². The zero-order chi connectivity index (χ0) is 19.2. The number of ketones is 1. The molecular weight excluding hydrogens is 340 g/mol. The molecule has 2 N–H and O–H groups in total. The second kappa shape index (κ2) is 8.77. The van der Waals surface area contributed by atoms with Crippen LogP contribution in [0, 0.1) is 6.92 Å². The summed E-state index contributed by atoms with van der Waals surface area (Å²) in [5.41, 5.74) is 7.82. The molecule has 2 heterocycles. The zero-order valence-corrected chi connectivity index (χ0v) is 15.7. The summed E-state index contributed by atoms with van der Waals surface area (Å²) in [5.74, 6) is 0.552. The summed E-state index contributed by atoms with van der Waals surface area (Å²) in [5, 5.41) is 0. The molecular formula is C21H26N4O2. The van der Waals surface area contributed by atoms with Gasteiger partial charge < -0.3 is 10.6 Å². The molecule has 0 radical (unpaired) electrons. The first-order chi connectivity index (χ1) is 13.1. The normalized spacial score (nSPS) is 14.1. The maximum absolute atomic E-state index is 13.2. The Morgan fingerprint density at radius 1 is 1.07 bits per heavy atom. The Hall–Kier alpha value is -2.73. The molecule has 0 saturated carbocycles. The minimum absolute atomic E-state index is 0.00781. The SMILES string of the molecule is Cc1cccc(N(Cc2ccc(C(=O)CN)cc2)C(=O)N2CCCCC2)n1. The maximum atomic E-state index is 13.2. The van der Waals surface area contributed by atoms with Crippen LogP contribution in [-0.2, 0) is 6.54 Å². The van der Waals surface area contributed by atoms with Gasteiger partial charge in [-0.1, -0.05) is 30.3 Å². The van der Waals surface area contributed by atoms with Gasteiger partial charge in [-0.25, -0.2) is 9.78 Å². The van der Waals surface area contributed by atoms with Crippen LogP contribution in [-0.4, -0.2) is 41.3 Å². The van der Waals surface area contributed by atoms with Crippen molar-refractivity contribution in [2.75, 3.05) is 24.5 Å². The maximum Gasteiger partial charge on any atom is 0.325 e. The minimum atomic E-state index is -0.0943. The second-order valence-corrected chi connectivity index (χ2v) is 6.88. The molecule has 6 heteroatoms. The zero-order valence-electron chi connectivity index (χ0n) is 15.7. The molecule has 0 spiro atoms. The molecule has 142 valence electrons. The molecule has 1 fully saturated rings. The van der Waals surface area contributed by atoms with E-state index in [1.165, 1.54) is 6.42 Å². The molecule has 0 bridgehead atoms. The quantitative estimate of drug-likeness (QED) is 0.825. The van der Waals surface area contributed by atoms with Crippen LogP contribution in [0.4, 0.5) is 10.6 Å². The standard InChI is InChI=1S/C21H26N4O2/c1-16-6-5-7-20(23-16)25(21(27)24-12-3-2-4-13-24)15-17-8-10-18(11-9-17)19(26)14-22/h5-11H,2-4,12-15,22H2,1H3. The monoisotopic (exact) mass is 366 g/mol. The number of Topliss-reactive ketones (excluding diaryl/α,β-unsaturated/α-hetero) is 1. The van der Waals surface area contributed by atoms with Gasteiger partial charge in [0.15, 0.2) is 5.78 Å². The number of carbonyl (C=O) groups is 2. The fourth-order valence-electron chi connectivity index (χ4n) is 3.28. The molecule has 1 aromatic carbocycles. The Labute approximate surface area is 160 Å². The van der Waals surface area contributed by atoms with Crippen LogP contribution in [0.1, 0.15) is 40.9 Å². The van der Waals surface area contributed by atoms with Crippen molar-refractivity contribution in [3.05, 3.63) is 59.3 Å². The van der Waals surface area contributed by atoms with Gasteiger partial charge in [-0.3, -0.25) is 9.69 Å². The molecule has 1 aromatic heterocycles. The lowest BCUT2D eigenvalue weighted by Gasteiger charge is -2.32. The van der Waals surface area contributed by atoms with Crippen molar-refractivity contribution in [1.29, 1.82) is 0 Å². The Bertz CT molecular complexity index is 798. The summed E-state index contributed by atoms with van der Waals surface area (Å²) >= 11 is 0. The van der Waals surface area contributed by atoms with E-state index >= 15 is 0 Å². The smallest absolute Gasteiger partial charge is 0.324 e. The van der Waals surface area contributed by atoms with Gasteiger partial charge in [0, 0.05) is 24.3 Å². The predicted molar refractivity (Wildman–Crippen MR) is 106 cm³/mol. The first-order valence-electron chi connectivity index (χ1n) is 9.41. The number of likely N-dealkylation sites (tertiary alicyclic amines) is 1. The van der Waals surface area contributed by atoms with Crippen LogP contribution in [0.2, 0.25) is 0 Å².